The topological polar surface area (TPSA) is 40.7 Å². The van der Waals surface area contributed by atoms with Crippen LogP contribution in [0.25, 0.3) is 0 Å². The summed E-state index contributed by atoms with van der Waals surface area (Å²) in [7, 11) is 0. The lowest BCUT2D eigenvalue weighted by Crippen LogP contribution is -2.27. The molecule has 0 aliphatic heterocycles. The first-order chi connectivity index (χ1) is 5.83. The molecular weight excluding hydrogens is 170 g/mol. The van der Waals surface area contributed by atoms with E-state index in [1.165, 1.54) is 0 Å². The third kappa shape index (κ3) is 3.28. The Balaban J connectivity index is 2.17. The Morgan fingerprint density at radius 1 is 1.75 bits per heavy atom. The van der Waals surface area contributed by atoms with E-state index in [1.54, 1.807) is 6.33 Å². The Morgan fingerprint density at radius 2 is 2.58 bits per heavy atom. The average molecular weight is 185 g/mol. The molecule has 68 valence electrons. The summed E-state index contributed by atoms with van der Waals surface area (Å²) in [5.74, 6) is 1.15. The second kappa shape index (κ2) is 5.22. The van der Waals surface area contributed by atoms with Crippen LogP contribution in [0.4, 0.5) is 0 Å². The fraction of sp³-hybridized carbons (Fsp3) is 0.625. The summed E-state index contributed by atoms with van der Waals surface area (Å²) in [6, 6.07) is 0.559. The zero-order valence-electron chi connectivity index (χ0n) is 7.50. The molecule has 3 nitrogen and oxygen atoms in total. The van der Waals surface area contributed by atoms with Gasteiger partial charge in [0.25, 0.3) is 0 Å². The van der Waals surface area contributed by atoms with Gasteiger partial charge in [0.05, 0.1) is 6.33 Å². The monoisotopic (exact) mass is 185 g/mol. The van der Waals surface area contributed by atoms with Crippen LogP contribution in [0.2, 0.25) is 0 Å². The van der Waals surface area contributed by atoms with Crippen LogP contribution in [0.1, 0.15) is 12.6 Å². The van der Waals surface area contributed by atoms with Gasteiger partial charge in [-0.15, -0.1) is 0 Å². The molecule has 1 atom stereocenters. The molecule has 1 aromatic heterocycles. The number of hydrogen-bond donors (Lipinski definition) is 2. The Kier molecular flexibility index (Phi) is 4.18. The Hall–Kier alpha value is -0.480. The van der Waals surface area contributed by atoms with Gasteiger partial charge in [-0.3, -0.25) is 0 Å². The number of aromatic amines is 1. The zero-order valence-corrected chi connectivity index (χ0v) is 8.32. The van der Waals surface area contributed by atoms with E-state index in [0.29, 0.717) is 6.04 Å². The average Bonchev–Trinajstić information content (AvgIpc) is 2.53. The van der Waals surface area contributed by atoms with E-state index in [1.807, 2.05) is 18.0 Å². The van der Waals surface area contributed by atoms with Gasteiger partial charge in [-0.2, -0.15) is 11.8 Å². The van der Waals surface area contributed by atoms with Crippen LogP contribution in [-0.4, -0.2) is 28.0 Å². The molecule has 0 saturated heterocycles. The summed E-state index contributed by atoms with van der Waals surface area (Å²) in [5, 5.41) is 3.39. The number of hydrogen-bond acceptors (Lipinski definition) is 3. The molecule has 12 heavy (non-hydrogen) atoms. The lowest BCUT2D eigenvalue weighted by molar-refractivity contribution is 0.590. The molecule has 0 aliphatic rings. The van der Waals surface area contributed by atoms with Gasteiger partial charge in [0.15, 0.2) is 0 Å². The van der Waals surface area contributed by atoms with E-state index >= 15 is 0 Å². The van der Waals surface area contributed by atoms with Crippen molar-refractivity contribution >= 4 is 11.8 Å². The lowest BCUT2D eigenvalue weighted by Gasteiger charge is -2.10. The van der Waals surface area contributed by atoms with E-state index in [2.05, 4.69) is 28.5 Å². The van der Waals surface area contributed by atoms with Gasteiger partial charge in [0.1, 0.15) is 0 Å². The normalized spacial score (nSPS) is 13.2. The van der Waals surface area contributed by atoms with Crippen LogP contribution >= 0.6 is 11.8 Å². The third-order valence-corrected chi connectivity index (χ3v) is 2.45. The summed E-state index contributed by atoms with van der Waals surface area (Å²) in [4.78, 5) is 7.00. The van der Waals surface area contributed by atoms with Crippen molar-refractivity contribution in [1.29, 1.82) is 0 Å². The largest absolute Gasteiger partial charge is 0.347 e. The van der Waals surface area contributed by atoms with Crippen LogP contribution in [0, 0.1) is 0 Å². The molecule has 0 spiro atoms. The lowest BCUT2D eigenvalue weighted by atomic mass is 10.3. The molecule has 0 saturated carbocycles. The number of aromatic nitrogens is 2. The second-order valence-corrected chi connectivity index (χ2v) is 3.72. The summed E-state index contributed by atoms with van der Waals surface area (Å²) in [6.07, 6.45) is 5.67. The van der Waals surface area contributed by atoms with Gasteiger partial charge in [0.2, 0.25) is 0 Å². The maximum Gasteiger partial charge on any atom is 0.0922 e. The molecule has 0 fully saturated rings. The van der Waals surface area contributed by atoms with Crippen molar-refractivity contribution in [2.45, 2.75) is 19.5 Å². The first kappa shape index (κ1) is 9.61. The van der Waals surface area contributed by atoms with Crippen molar-refractivity contribution in [1.82, 2.24) is 15.3 Å². The van der Waals surface area contributed by atoms with Crippen LogP contribution in [0.15, 0.2) is 12.5 Å². The fourth-order valence-corrected chi connectivity index (χ4v) is 1.59. The number of nitrogens with one attached hydrogen (secondary N) is 2. The molecule has 1 aromatic rings. The van der Waals surface area contributed by atoms with Gasteiger partial charge in [-0.05, 0) is 13.2 Å². The van der Waals surface area contributed by atoms with Crippen molar-refractivity contribution in [3.8, 4) is 0 Å². The Bertz CT molecular complexity index is 198. The van der Waals surface area contributed by atoms with Crippen LogP contribution in [0.3, 0.4) is 0 Å². The highest BCUT2D eigenvalue weighted by Crippen LogP contribution is 1.97. The summed E-state index contributed by atoms with van der Waals surface area (Å²) >= 11 is 1.86. The molecule has 1 unspecified atom stereocenters. The highest BCUT2D eigenvalue weighted by atomic mass is 32.2. The van der Waals surface area contributed by atoms with Crippen molar-refractivity contribution < 1.29 is 0 Å². The molecule has 0 radical (unpaired) electrons. The standard InChI is InChI=1S/C8H15N3S/c1-7(5-12-2)10-4-8-3-9-6-11-8/h3,6-7,10H,4-5H2,1-2H3,(H,9,11). The first-order valence-corrected chi connectivity index (χ1v) is 5.42. The summed E-state index contributed by atoms with van der Waals surface area (Å²) < 4.78 is 0. The first-order valence-electron chi connectivity index (χ1n) is 4.02. The van der Waals surface area contributed by atoms with Crippen molar-refractivity contribution in [2.24, 2.45) is 0 Å². The molecular formula is C8H15N3S. The number of imidazole rings is 1. The van der Waals surface area contributed by atoms with Crippen molar-refractivity contribution in [3.05, 3.63) is 18.2 Å². The van der Waals surface area contributed by atoms with Gasteiger partial charge < -0.3 is 10.3 Å². The molecule has 0 bridgehead atoms. The molecule has 4 heteroatoms. The Morgan fingerprint density at radius 3 is 3.17 bits per heavy atom. The summed E-state index contributed by atoms with van der Waals surface area (Å²) in [5.41, 5.74) is 1.14. The minimum atomic E-state index is 0.559. The van der Waals surface area contributed by atoms with Gasteiger partial charge in [0, 0.05) is 30.2 Å². The minimum absolute atomic E-state index is 0.559. The SMILES string of the molecule is CSCC(C)NCc1cnc[nH]1. The number of thioether (sulfide) groups is 1. The predicted molar refractivity (Wildman–Crippen MR) is 53.3 cm³/mol. The van der Waals surface area contributed by atoms with Gasteiger partial charge >= 0.3 is 0 Å². The smallest absolute Gasteiger partial charge is 0.0922 e. The number of H-pyrrole nitrogens is 1. The maximum atomic E-state index is 3.95. The fourth-order valence-electron chi connectivity index (χ4n) is 0.974. The zero-order chi connectivity index (χ0) is 8.81. The van der Waals surface area contributed by atoms with E-state index in [4.69, 9.17) is 0 Å². The molecule has 1 heterocycles. The predicted octanol–water partition coefficient (Wildman–Crippen LogP) is 1.25. The quantitative estimate of drug-likeness (QED) is 0.725. The summed E-state index contributed by atoms with van der Waals surface area (Å²) in [6.45, 7) is 3.06. The highest BCUT2D eigenvalue weighted by Gasteiger charge is 1.99. The third-order valence-electron chi connectivity index (χ3n) is 1.61. The van der Waals surface area contributed by atoms with Crippen molar-refractivity contribution in [3.63, 3.8) is 0 Å². The maximum absolute atomic E-state index is 3.95. The second-order valence-electron chi connectivity index (χ2n) is 2.81. The Labute approximate surface area is 77.4 Å². The van der Waals surface area contributed by atoms with Crippen LogP contribution in [0.5, 0.6) is 0 Å². The highest BCUT2D eigenvalue weighted by molar-refractivity contribution is 7.98. The molecule has 2 N–H and O–H groups in total. The van der Waals surface area contributed by atoms with Gasteiger partial charge in [-0.25, -0.2) is 4.98 Å². The molecule has 0 aromatic carbocycles. The van der Waals surface area contributed by atoms with E-state index < -0.39 is 0 Å². The van der Waals surface area contributed by atoms with E-state index in [9.17, 15) is 0 Å². The van der Waals surface area contributed by atoms with Crippen LogP contribution in [-0.2, 0) is 6.54 Å². The molecule has 0 aliphatic carbocycles. The minimum Gasteiger partial charge on any atom is -0.347 e. The van der Waals surface area contributed by atoms with Gasteiger partial charge in [-0.1, -0.05) is 0 Å². The number of rotatable bonds is 5. The van der Waals surface area contributed by atoms with E-state index in [0.717, 1.165) is 18.0 Å². The molecule has 1 rings (SSSR count). The van der Waals surface area contributed by atoms with Crippen LogP contribution < -0.4 is 5.32 Å². The number of nitrogens with zero attached hydrogens (tertiary/aromatic N) is 1. The van der Waals surface area contributed by atoms with Crippen molar-refractivity contribution in [2.75, 3.05) is 12.0 Å². The molecule has 0 amide bonds. The van der Waals surface area contributed by atoms with E-state index in [-0.39, 0.29) is 0 Å².